The second kappa shape index (κ2) is 8.93. The van der Waals surface area contributed by atoms with E-state index in [1.165, 1.54) is 18.2 Å². The van der Waals surface area contributed by atoms with Crippen LogP contribution >= 0.6 is 0 Å². The smallest absolute Gasteiger partial charge is 0.344 e. The molecule has 142 valence electrons. The number of nitro groups is 1. The number of hydrogen-bond donors (Lipinski definition) is 0. The largest absolute Gasteiger partial charge is 0.482 e. The minimum absolute atomic E-state index is 0.117. The molecular weight excluding hydrogens is 350 g/mol. The number of esters is 1. The third-order valence-corrected chi connectivity index (χ3v) is 3.98. The van der Waals surface area contributed by atoms with Crippen LogP contribution in [-0.2, 0) is 9.53 Å². The predicted octanol–water partition coefficient (Wildman–Crippen LogP) is 3.83. The molecule has 0 saturated heterocycles. The summed E-state index contributed by atoms with van der Waals surface area (Å²) in [6.07, 6.45) is 0. The molecule has 0 aliphatic rings. The normalized spacial score (nSPS) is 10.5. The molecule has 0 heterocycles. The second-order valence-corrected chi connectivity index (χ2v) is 6.32. The molecule has 2 rings (SSSR count). The van der Waals surface area contributed by atoms with E-state index in [1.807, 2.05) is 26.0 Å². The highest BCUT2D eigenvalue weighted by Crippen LogP contribution is 2.25. The molecule has 0 saturated carbocycles. The predicted molar refractivity (Wildman–Crippen MR) is 99.1 cm³/mol. The van der Waals surface area contributed by atoms with Gasteiger partial charge in [0, 0.05) is 17.2 Å². The maximum Gasteiger partial charge on any atom is 0.344 e. The first-order chi connectivity index (χ1) is 12.8. The van der Waals surface area contributed by atoms with Crippen LogP contribution in [0.2, 0.25) is 0 Å². The Bertz CT molecular complexity index is 859. The molecular formula is C20H21NO6. The number of carbonyl (C=O) groups is 2. The molecule has 0 unspecified atom stereocenters. The lowest BCUT2D eigenvalue weighted by Crippen LogP contribution is -2.20. The zero-order valence-corrected chi connectivity index (χ0v) is 15.4. The van der Waals surface area contributed by atoms with Gasteiger partial charge < -0.3 is 9.47 Å². The van der Waals surface area contributed by atoms with Gasteiger partial charge in [-0.2, -0.15) is 0 Å². The van der Waals surface area contributed by atoms with E-state index in [0.29, 0.717) is 11.3 Å². The van der Waals surface area contributed by atoms with Crippen molar-refractivity contribution in [1.29, 1.82) is 0 Å². The molecule has 2 aromatic carbocycles. The van der Waals surface area contributed by atoms with Crippen LogP contribution in [0, 0.1) is 17.0 Å². The summed E-state index contributed by atoms with van der Waals surface area (Å²) < 4.78 is 10.4. The van der Waals surface area contributed by atoms with Gasteiger partial charge in [-0.1, -0.05) is 44.2 Å². The summed E-state index contributed by atoms with van der Waals surface area (Å²) in [7, 11) is 0. The van der Waals surface area contributed by atoms with Gasteiger partial charge in [-0.05, 0) is 24.5 Å². The van der Waals surface area contributed by atoms with Crippen LogP contribution in [0.5, 0.6) is 5.75 Å². The topological polar surface area (TPSA) is 95.7 Å². The summed E-state index contributed by atoms with van der Waals surface area (Å²) in [4.78, 5) is 34.4. The summed E-state index contributed by atoms with van der Waals surface area (Å²) in [5.74, 6) is -0.390. The first-order valence-electron chi connectivity index (χ1n) is 8.45. The lowest BCUT2D eigenvalue weighted by Gasteiger charge is -2.13. The van der Waals surface area contributed by atoms with Crippen molar-refractivity contribution in [2.75, 3.05) is 13.2 Å². The van der Waals surface area contributed by atoms with E-state index in [1.54, 1.807) is 19.1 Å². The zero-order chi connectivity index (χ0) is 20.0. The van der Waals surface area contributed by atoms with Crippen LogP contribution in [0.15, 0.2) is 42.5 Å². The Kier molecular flexibility index (Phi) is 6.65. The van der Waals surface area contributed by atoms with Crippen molar-refractivity contribution in [3.63, 3.8) is 0 Å². The standard InChI is InChI=1S/C20H21NO6/c1-13(2)16-6-4-5-7-19(16)26-12-20(23)27-11-18(22)15-9-8-14(3)17(10-15)21(24)25/h4-10,13H,11-12H2,1-3H3. The van der Waals surface area contributed by atoms with Crippen LogP contribution in [0.4, 0.5) is 5.69 Å². The molecule has 0 aliphatic carbocycles. The molecule has 7 heteroatoms. The Morgan fingerprint density at radius 3 is 2.48 bits per heavy atom. The molecule has 0 N–H and O–H groups in total. The van der Waals surface area contributed by atoms with Gasteiger partial charge in [-0.15, -0.1) is 0 Å². The molecule has 7 nitrogen and oxygen atoms in total. The molecule has 0 aromatic heterocycles. The number of benzene rings is 2. The quantitative estimate of drug-likeness (QED) is 0.303. The number of para-hydroxylation sites is 1. The van der Waals surface area contributed by atoms with Crippen LogP contribution in [0.1, 0.15) is 41.3 Å². The van der Waals surface area contributed by atoms with Crippen molar-refractivity contribution in [2.24, 2.45) is 0 Å². The fourth-order valence-electron chi connectivity index (χ4n) is 2.48. The highest BCUT2D eigenvalue weighted by Gasteiger charge is 2.17. The molecule has 0 aliphatic heterocycles. The molecule has 0 atom stereocenters. The first-order valence-corrected chi connectivity index (χ1v) is 8.45. The molecule has 0 amide bonds. The van der Waals surface area contributed by atoms with E-state index in [0.717, 1.165) is 5.56 Å². The number of hydrogen-bond acceptors (Lipinski definition) is 6. The summed E-state index contributed by atoms with van der Waals surface area (Å²) in [5, 5.41) is 11.0. The molecule has 0 bridgehead atoms. The summed E-state index contributed by atoms with van der Waals surface area (Å²) >= 11 is 0. The molecule has 0 spiro atoms. The lowest BCUT2D eigenvalue weighted by molar-refractivity contribution is -0.385. The number of Topliss-reactive ketones (excluding diaryl/α,β-unsaturated/α-hetero) is 1. The van der Waals surface area contributed by atoms with E-state index in [2.05, 4.69) is 0 Å². The molecule has 2 aromatic rings. The maximum absolute atomic E-state index is 12.1. The van der Waals surface area contributed by atoms with Gasteiger partial charge in [0.25, 0.3) is 5.69 Å². The van der Waals surface area contributed by atoms with E-state index in [-0.39, 0.29) is 23.8 Å². The van der Waals surface area contributed by atoms with Gasteiger partial charge in [0.1, 0.15) is 5.75 Å². The fraction of sp³-hybridized carbons (Fsp3) is 0.300. The fourth-order valence-corrected chi connectivity index (χ4v) is 2.48. The Morgan fingerprint density at radius 2 is 1.81 bits per heavy atom. The summed E-state index contributed by atoms with van der Waals surface area (Å²) in [6, 6.07) is 11.5. The van der Waals surface area contributed by atoms with Crippen molar-refractivity contribution in [3.05, 3.63) is 69.3 Å². The third-order valence-electron chi connectivity index (χ3n) is 3.98. The van der Waals surface area contributed by atoms with Crippen LogP contribution in [0.3, 0.4) is 0 Å². The Balaban J connectivity index is 1.92. The Labute approximate surface area is 157 Å². The van der Waals surface area contributed by atoms with Crippen molar-refractivity contribution < 1.29 is 24.0 Å². The highest BCUT2D eigenvalue weighted by atomic mass is 16.6. The maximum atomic E-state index is 12.1. The summed E-state index contributed by atoms with van der Waals surface area (Å²) in [6.45, 7) is 4.78. The second-order valence-electron chi connectivity index (χ2n) is 6.32. The van der Waals surface area contributed by atoms with Gasteiger partial charge in [0.05, 0.1) is 4.92 Å². The van der Waals surface area contributed by atoms with E-state index >= 15 is 0 Å². The van der Waals surface area contributed by atoms with Gasteiger partial charge in [-0.3, -0.25) is 14.9 Å². The van der Waals surface area contributed by atoms with Crippen molar-refractivity contribution in [2.45, 2.75) is 26.7 Å². The number of ketones is 1. The van der Waals surface area contributed by atoms with Crippen LogP contribution in [0.25, 0.3) is 0 Å². The zero-order valence-electron chi connectivity index (χ0n) is 15.4. The number of ether oxygens (including phenoxy) is 2. The Morgan fingerprint density at radius 1 is 1.11 bits per heavy atom. The van der Waals surface area contributed by atoms with E-state index in [9.17, 15) is 19.7 Å². The average Bonchev–Trinajstić information content (AvgIpc) is 2.64. The average molecular weight is 371 g/mol. The molecule has 0 radical (unpaired) electrons. The number of carbonyl (C=O) groups excluding carboxylic acids is 2. The number of nitro benzene ring substituents is 1. The van der Waals surface area contributed by atoms with E-state index < -0.39 is 23.3 Å². The van der Waals surface area contributed by atoms with Crippen molar-refractivity contribution >= 4 is 17.4 Å². The number of nitrogens with zero attached hydrogens (tertiary/aromatic N) is 1. The molecule has 0 fully saturated rings. The van der Waals surface area contributed by atoms with Crippen LogP contribution in [-0.4, -0.2) is 29.9 Å². The monoisotopic (exact) mass is 371 g/mol. The number of aryl methyl sites for hydroxylation is 1. The minimum Gasteiger partial charge on any atom is -0.482 e. The lowest BCUT2D eigenvalue weighted by atomic mass is 10.0. The van der Waals surface area contributed by atoms with Gasteiger partial charge in [0.2, 0.25) is 5.78 Å². The summed E-state index contributed by atoms with van der Waals surface area (Å²) in [5.41, 5.74) is 1.38. The highest BCUT2D eigenvalue weighted by molar-refractivity contribution is 5.98. The van der Waals surface area contributed by atoms with Crippen molar-refractivity contribution in [3.8, 4) is 5.75 Å². The van der Waals surface area contributed by atoms with Gasteiger partial charge in [0.15, 0.2) is 13.2 Å². The third kappa shape index (κ3) is 5.37. The van der Waals surface area contributed by atoms with Gasteiger partial charge >= 0.3 is 5.97 Å². The van der Waals surface area contributed by atoms with Gasteiger partial charge in [-0.25, -0.2) is 4.79 Å². The van der Waals surface area contributed by atoms with Crippen LogP contribution < -0.4 is 4.74 Å². The molecule has 27 heavy (non-hydrogen) atoms. The number of rotatable bonds is 8. The van der Waals surface area contributed by atoms with Crippen molar-refractivity contribution in [1.82, 2.24) is 0 Å². The first kappa shape index (κ1) is 20.1. The Hall–Kier alpha value is -3.22. The minimum atomic E-state index is -0.691. The SMILES string of the molecule is Cc1ccc(C(=O)COC(=O)COc2ccccc2C(C)C)cc1[N+](=O)[O-]. The van der Waals surface area contributed by atoms with E-state index in [4.69, 9.17) is 9.47 Å².